The van der Waals surface area contributed by atoms with Crippen LogP contribution in [0, 0.1) is 31.4 Å². The fraction of sp³-hybridized carbons (Fsp3) is 0.348. The van der Waals surface area contributed by atoms with E-state index in [4.69, 9.17) is 0 Å². The summed E-state index contributed by atoms with van der Waals surface area (Å²) in [6.45, 7) is 4.28. The third-order valence-electron chi connectivity index (χ3n) is 5.62. The molecule has 8 heteroatoms. The van der Waals surface area contributed by atoms with E-state index in [0.717, 1.165) is 23.3 Å². The Bertz CT molecular complexity index is 1000. The first kappa shape index (κ1) is 22.4. The zero-order valence-electron chi connectivity index (χ0n) is 17.5. The number of benzene rings is 2. The van der Waals surface area contributed by atoms with Crippen molar-refractivity contribution in [2.75, 3.05) is 25.0 Å². The predicted octanol–water partition coefficient (Wildman–Crippen LogP) is 3.19. The van der Waals surface area contributed by atoms with Crippen LogP contribution >= 0.6 is 0 Å². The number of anilines is 1. The molecule has 3 amide bonds. The fourth-order valence-electron chi connectivity index (χ4n) is 3.57. The van der Waals surface area contributed by atoms with Crippen molar-refractivity contribution >= 4 is 23.4 Å². The Kier molecular flexibility index (Phi) is 6.99. The van der Waals surface area contributed by atoms with Crippen LogP contribution in [0.2, 0.25) is 0 Å². The van der Waals surface area contributed by atoms with E-state index in [0.29, 0.717) is 24.6 Å². The van der Waals surface area contributed by atoms with Gasteiger partial charge in [0.15, 0.2) is 0 Å². The van der Waals surface area contributed by atoms with Crippen molar-refractivity contribution in [2.45, 2.75) is 26.7 Å². The van der Waals surface area contributed by atoms with Crippen molar-refractivity contribution in [1.82, 2.24) is 10.2 Å². The van der Waals surface area contributed by atoms with E-state index >= 15 is 0 Å². The van der Waals surface area contributed by atoms with E-state index in [-0.39, 0.29) is 42.9 Å². The maximum atomic E-state index is 13.9. The van der Waals surface area contributed by atoms with Crippen molar-refractivity contribution in [1.29, 1.82) is 0 Å². The van der Waals surface area contributed by atoms with Gasteiger partial charge in [-0.2, -0.15) is 0 Å². The van der Waals surface area contributed by atoms with Crippen LogP contribution in [-0.2, 0) is 9.59 Å². The van der Waals surface area contributed by atoms with Crippen molar-refractivity contribution in [3.05, 3.63) is 64.7 Å². The van der Waals surface area contributed by atoms with Crippen molar-refractivity contribution in [3.8, 4) is 0 Å². The lowest BCUT2D eigenvalue weighted by molar-refractivity contribution is -0.128. The highest BCUT2D eigenvalue weighted by atomic mass is 19.1. The molecule has 0 saturated carbocycles. The van der Waals surface area contributed by atoms with E-state index in [2.05, 4.69) is 10.6 Å². The Balaban J connectivity index is 1.47. The SMILES string of the molecule is Cc1cccc(NC(=O)CNC(=O)C2CCN(C(=O)c3ccc(F)cc3F)CC2)c1C. The second-order valence-electron chi connectivity index (χ2n) is 7.70. The summed E-state index contributed by atoms with van der Waals surface area (Å²) < 4.78 is 26.9. The number of nitrogens with one attached hydrogen (secondary N) is 2. The van der Waals surface area contributed by atoms with E-state index in [1.54, 1.807) is 6.07 Å². The molecule has 1 heterocycles. The van der Waals surface area contributed by atoms with Crippen LogP contribution in [0.1, 0.15) is 34.3 Å². The molecule has 0 radical (unpaired) electrons. The third kappa shape index (κ3) is 5.45. The van der Waals surface area contributed by atoms with E-state index in [1.807, 2.05) is 26.0 Å². The van der Waals surface area contributed by atoms with Gasteiger partial charge in [-0.3, -0.25) is 14.4 Å². The smallest absolute Gasteiger partial charge is 0.256 e. The molecule has 2 aromatic carbocycles. The minimum atomic E-state index is -0.903. The number of amides is 3. The number of nitrogens with zero attached hydrogens (tertiary/aromatic N) is 1. The summed E-state index contributed by atoms with van der Waals surface area (Å²) in [4.78, 5) is 38.5. The minimum Gasteiger partial charge on any atom is -0.347 e. The highest BCUT2D eigenvalue weighted by Crippen LogP contribution is 2.21. The van der Waals surface area contributed by atoms with Gasteiger partial charge in [0.2, 0.25) is 11.8 Å². The summed E-state index contributed by atoms with van der Waals surface area (Å²) in [7, 11) is 0. The van der Waals surface area contributed by atoms with Crippen LogP contribution in [0.3, 0.4) is 0 Å². The van der Waals surface area contributed by atoms with Gasteiger partial charge in [-0.05, 0) is 56.0 Å². The average Bonchev–Trinajstić information content (AvgIpc) is 2.75. The average molecular weight is 429 g/mol. The summed E-state index contributed by atoms with van der Waals surface area (Å²) >= 11 is 0. The molecule has 1 aliphatic rings. The molecule has 0 unspecified atom stereocenters. The molecule has 0 bridgehead atoms. The Labute approximate surface area is 179 Å². The van der Waals surface area contributed by atoms with E-state index < -0.39 is 17.5 Å². The molecule has 3 rings (SSSR count). The molecular weight excluding hydrogens is 404 g/mol. The Morgan fingerprint density at radius 2 is 1.77 bits per heavy atom. The monoisotopic (exact) mass is 429 g/mol. The van der Waals surface area contributed by atoms with Gasteiger partial charge in [0, 0.05) is 30.8 Å². The van der Waals surface area contributed by atoms with Crippen LogP contribution in [-0.4, -0.2) is 42.3 Å². The first-order valence-electron chi connectivity index (χ1n) is 10.1. The second kappa shape index (κ2) is 9.68. The van der Waals surface area contributed by atoms with Crippen molar-refractivity contribution < 1.29 is 23.2 Å². The zero-order valence-corrected chi connectivity index (χ0v) is 17.5. The van der Waals surface area contributed by atoms with Gasteiger partial charge < -0.3 is 15.5 Å². The number of aryl methyl sites for hydroxylation is 1. The lowest BCUT2D eigenvalue weighted by atomic mass is 9.95. The second-order valence-corrected chi connectivity index (χ2v) is 7.70. The highest BCUT2D eigenvalue weighted by Gasteiger charge is 2.29. The first-order chi connectivity index (χ1) is 14.8. The topological polar surface area (TPSA) is 78.5 Å². The molecule has 164 valence electrons. The summed E-state index contributed by atoms with van der Waals surface area (Å²) in [5.41, 5.74) is 2.55. The molecule has 0 atom stereocenters. The Hall–Kier alpha value is -3.29. The molecular formula is C23H25F2N3O3. The summed E-state index contributed by atoms with van der Waals surface area (Å²) in [6, 6.07) is 8.45. The standard InChI is InChI=1S/C23H25F2N3O3/c1-14-4-3-5-20(15(14)2)27-21(29)13-26-22(30)16-8-10-28(11-9-16)23(31)18-7-6-17(24)12-19(18)25/h3-7,12,16H,8-11,13H2,1-2H3,(H,26,30)(H,27,29). The molecule has 0 aromatic heterocycles. The summed E-state index contributed by atoms with van der Waals surface area (Å²) in [5, 5.41) is 5.43. The number of rotatable bonds is 5. The van der Waals surface area contributed by atoms with Crippen LogP contribution in [0.5, 0.6) is 0 Å². The lowest BCUT2D eigenvalue weighted by Crippen LogP contribution is -2.44. The number of likely N-dealkylation sites (tertiary alicyclic amines) is 1. The number of carbonyl (C=O) groups is 3. The molecule has 0 spiro atoms. The van der Waals surface area contributed by atoms with Gasteiger partial charge in [-0.25, -0.2) is 8.78 Å². The van der Waals surface area contributed by atoms with Crippen LogP contribution in [0.4, 0.5) is 14.5 Å². The Morgan fingerprint density at radius 1 is 1.06 bits per heavy atom. The quantitative estimate of drug-likeness (QED) is 0.766. The maximum Gasteiger partial charge on any atom is 0.256 e. The molecule has 6 nitrogen and oxygen atoms in total. The zero-order chi connectivity index (χ0) is 22.5. The number of hydrogen-bond donors (Lipinski definition) is 2. The Morgan fingerprint density at radius 3 is 2.45 bits per heavy atom. The predicted molar refractivity (Wildman–Crippen MR) is 113 cm³/mol. The summed E-state index contributed by atoms with van der Waals surface area (Å²) in [6.07, 6.45) is 0.804. The molecule has 0 aliphatic carbocycles. The van der Waals surface area contributed by atoms with Gasteiger partial charge >= 0.3 is 0 Å². The lowest BCUT2D eigenvalue weighted by Gasteiger charge is -2.31. The van der Waals surface area contributed by atoms with Crippen LogP contribution in [0.15, 0.2) is 36.4 Å². The van der Waals surface area contributed by atoms with Gasteiger partial charge in [0.25, 0.3) is 5.91 Å². The fourth-order valence-corrected chi connectivity index (χ4v) is 3.57. The largest absolute Gasteiger partial charge is 0.347 e. The minimum absolute atomic E-state index is 0.147. The summed E-state index contributed by atoms with van der Waals surface area (Å²) in [5.74, 6) is -3.08. The molecule has 2 aromatic rings. The molecule has 1 aliphatic heterocycles. The molecule has 1 saturated heterocycles. The van der Waals surface area contributed by atoms with Gasteiger partial charge in [-0.15, -0.1) is 0 Å². The van der Waals surface area contributed by atoms with Gasteiger partial charge in [-0.1, -0.05) is 12.1 Å². The van der Waals surface area contributed by atoms with Crippen LogP contribution in [0.25, 0.3) is 0 Å². The first-order valence-corrected chi connectivity index (χ1v) is 10.1. The normalized spacial score (nSPS) is 14.3. The third-order valence-corrected chi connectivity index (χ3v) is 5.62. The number of carbonyl (C=O) groups excluding carboxylic acids is 3. The van der Waals surface area contributed by atoms with Gasteiger partial charge in [0.05, 0.1) is 12.1 Å². The van der Waals surface area contributed by atoms with E-state index in [9.17, 15) is 23.2 Å². The molecule has 2 N–H and O–H groups in total. The number of halogens is 2. The molecule has 31 heavy (non-hydrogen) atoms. The number of piperidine rings is 1. The molecule has 1 fully saturated rings. The van der Waals surface area contributed by atoms with Gasteiger partial charge in [0.1, 0.15) is 11.6 Å². The van der Waals surface area contributed by atoms with Crippen molar-refractivity contribution in [2.24, 2.45) is 5.92 Å². The van der Waals surface area contributed by atoms with E-state index in [1.165, 1.54) is 4.90 Å². The highest BCUT2D eigenvalue weighted by molar-refractivity contribution is 5.96. The van der Waals surface area contributed by atoms with Crippen LogP contribution < -0.4 is 10.6 Å². The maximum absolute atomic E-state index is 13.9. The number of hydrogen-bond acceptors (Lipinski definition) is 3. The van der Waals surface area contributed by atoms with Crippen molar-refractivity contribution in [3.63, 3.8) is 0 Å².